The van der Waals surface area contributed by atoms with Crippen molar-refractivity contribution >= 4 is 0 Å². The lowest BCUT2D eigenvalue weighted by molar-refractivity contribution is 0.280. The molecule has 104 valence electrons. The van der Waals surface area contributed by atoms with E-state index >= 15 is 0 Å². The number of aliphatic hydroxyl groups excluding tert-OH is 1. The van der Waals surface area contributed by atoms with Crippen molar-refractivity contribution in [1.82, 2.24) is 19.6 Å². The minimum atomic E-state index is 0.0407. The molecule has 1 atom stereocenters. The lowest BCUT2D eigenvalue weighted by Gasteiger charge is -2.08. The number of aliphatic hydroxyl groups is 1. The fourth-order valence-corrected chi connectivity index (χ4v) is 2.16. The van der Waals surface area contributed by atoms with E-state index < -0.39 is 0 Å². The fourth-order valence-electron chi connectivity index (χ4n) is 2.16. The molecule has 0 radical (unpaired) electrons. The highest BCUT2D eigenvalue weighted by Gasteiger charge is 2.12. The molecule has 2 rings (SSSR count). The summed E-state index contributed by atoms with van der Waals surface area (Å²) < 4.78 is 3.90. The van der Waals surface area contributed by atoms with Crippen LogP contribution in [0.3, 0.4) is 0 Å². The van der Waals surface area contributed by atoms with Crippen LogP contribution >= 0.6 is 0 Å². The summed E-state index contributed by atoms with van der Waals surface area (Å²) in [6.07, 6.45) is 3.08. The van der Waals surface area contributed by atoms with E-state index in [4.69, 9.17) is 0 Å². The maximum atomic E-state index is 9.31. The first kappa shape index (κ1) is 13.8. The van der Waals surface area contributed by atoms with Crippen LogP contribution < -0.4 is 0 Å². The largest absolute Gasteiger partial charge is 0.392 e. The fraction of sp³-hybridized carbons (Fsp3) is 0.571. The molecule has 0 spiro atoms. The molecule has 0 bridgehead atoms. The molecule has 2 aromatic rings. The van der Waals surface area contributed by atoms with Crippen molar-refractivity contribution < 1.29 is 5.11 Å². The summed E-state index contributed by atoms with van der Waals surface area (Å²) in [5, 5.41) is 18.3. The molecule has 2 heterocycles. The Morgan fingerprint density at radius 2 is 2.05 bits per heavy atom. The van der Waals surface area contributed by atoms with Crippen molar-refractivity contribution in [2.75, 3.05) is 0 Å². The minimum Gasteiger partial charge on any atom is -0.392 e. The van der Waals surface area contributed by atoms with Gasteiger partial charge >= 0.3 is 0 Å². The Bertz CT molecular complexity index is 556. The van der Waals surface area contributed by atoms with E-state index in [0.29, 0.717) is 12.6 Å². The molecule has 0 fully saturated rings. The van der Waals surface area contributed by atoms with Crippen LogP contribution in [0.2, 0.25) is 0 Å². The molecule has 1 N–H and O–H groups in total. The van der Waals surface area contributed by atoms with Gasteiger partial charge in [0, 0.05) is 23.5 Å². The molecule has 1 unspecified atom stereocenters. The molecular weight excluding hydrogens is 240 g/mol. The highest BCUT2D eigenvalue weighted by Crippen LogP contribution is 2.15. The van der Waals surface area contributed by atoms with Crippen LogP contribution in [0.15, 0.2) is 12.3 Å². The molecule has 19 heavy (non-hydrogen) atoms. The van der Waals surface area contributed by atoms with Gasteiger partial charge in [-0.05, 0) is 33.3 Å². The number of nitrogens with zero attached hydrogens (tertiary/aromatic N) is 4. The lowest BCUT2D eigenvalue weighted by Crippen LogP contribution is -2.08. The highest BCUT2D eigenvalue weighted by molar-refractivity contribution is 5.24. The molecule has 5 nitrogen and oxygen atoms in total. The first-order chi connectivity index (χ1) is 9.06. The second-order valence-electron chi connectivity index (χ2n) is 5.01. The third-order valence-electron chi connectivity index (χ3n) is 3.71. The molecule has 0 saturated carbocycles. The van der Waals surface area contributed by atoms with Gasteiger partial charge in [0.15, 0.2) is 0 Å². The average Bonchev–Trinajstić information content (AvgIpc) is 2.95. The highest BCUT2D eigenvalue weighted by atomic mass is 16.3. The summed E-state index contributed by atoms with van der Waals surface area (Å²) in [4.78, 5) is 0. The zero-order chi connectivity index (χ0) is 14.0. The molecule has 0 aromatic carbocycles. The number of aryl methyl sites for hydroxylation is 1. The van der Waals surface area contributed by atoms with Crippen molar-refractivity contribution in [1.29, 1.82) is 0 Å². The van der Waals surface area contributed by atoms with Crippen molar-refractivity contribution in [3.8, 4) is 0 Å². The maximum absolute atomic E-state index is 9.31. The zero-order valence-corrected chi connectivity index (χ0v) is 12.1. The van der Waals surface area contributed by atoms with Crippen LogP contribution in [0.4, 0.5) is 0 Å². The third kappa shape index (κ3) is 2.71. The smallest absolute Gasteiger partial charge is 0.0853 e. The van der Waals surface area contributed by atoms with Crippen molar-refractivity contribution in [3.05, 3.63) is 34.9 Å². The van der Waals surface area contributed by atoms with Gasteiger partial charge in [0.1, 0.15) is 0 Å². The van der Waals surface area contributed by atoms with Gasteiger partial charge in [0.25, 0.3) is 0 Å². The molecule has 0 amide bonds. The Kier molecular flexibility index (Phi) is 4.04. The first-order valence-corrected chi connectivity index (χ1v) is 6.74. The Balaban J connectivity index is 2.19. The van der Waals surface area contributed by atoms with E-state index in [-0.39, 0.29) is 6.61 Å². The molecular formula is C14H22N4O. The van der Waals surface area contributed by atoms with Crippen LogP contribution in [-0.2, 0) is 13.2 Å². The minimum absolute atomic E-state index is 0.0407. The van der Waals surface area contributed by atoms with Gasteiger partial charge in [-0.25, -0.2) is 0 Å². The van der Waals surface area contributed by atoms with E-state index in [1.165, 1.54) is 0 Å². The predicted octanol–water partition coefficient (Wildman–Crippen LogP) is 2.21. The van der Waals surface area contributed by atoms with Gasteiger partial charge in [-0.15, -0.1) is 0 Å². The van der Waals surface area contributed by atoms with Gasteiger partial charge in [-0.1, -0.05) is 6.92 Å². The summed E-state index contributed by atoms with van der Waals surface area (Å²) in [5.41, 5.74) is 3.82. The van der Waals surface area contributed by atoms with Crippen molar-refractivity contribution in [3.63, 3.8) is 0 Å². The van der Waals surface area contributed by atoms with Crippen molar-refractivity contribution in [2.45, 2.75) is 53.3 Å². The second kappa shape index (κ2) is 5.57. The summed E-state index contributed by atoms with van der Waals surface area (Å²) >= 11 is 0. The van der Waals surface area contributed by atoms with Gasteiger partial charge in [0.2, 0.25) is 0 Å². The van der Waals surface area contributed by atoms with E-state index in [9.17, 15) is 5.11 Å². The topological polar surface area (TPSA) is 55.9 Å². The normalized spacial score (nSPS) is 12.9. The summed E-state index contributed by atoms with van der Waals surface area (Å²) in [6.45, 7) is 8.91. The molecule has 0 saturated heterocycles. The van der Waals surface area contributed by atoms with E-state index in [2.05, 4.69) is 24.0 Å². The number of hydrogen-bond donors (Lipinski definition) is 1. The Morgan fingerprint density at radius 3 is 2.63 bits per heavy atom. The monoisotopic (exact) mass is 262 g/mol. The molecule has 2 aromatic heterocycles. The molecule has 0 aliphatic rings. The first-order valence-electron chi connectivity index (χ1n) is 6.74. The Morgan fingerprint density at radius 1 is 1.32 bits per heavy atom. The van der Waals surface area contributed by atoms with Crippen LogP contribution in [0.1, 0.15) is 49.0 Å². The van der Waals surface area contributed by atoms with Crippen molar-refractivity contribution in [2.24, 2.45) is 0 Å². The van der Waals surface area contributed by atoms with Gasteiger partial charge < -0.3 is 5.11 Å². The Hall–Kier alpha value is -1.62. The maximum Gasteiger partial charge on any atom is 0.0853 e. The van der Waals surface area contributed by atoms with Crippen LogP contribution in [0.25, 0.3) is 0 Å². The second-order valence-corrected chi connectivity index (χ2v) is 5.01. The Labute approximate surface area is 113 Å². The van der Waals surface area contributed by atoms with E-state index in [1.807, 2.05) is 35.5 Å². The quantitative estimate of drug-likeness (QED) is 0.898. The van der Waals surface area contributed by atoms with E-state index in [0.717, 1.165) is 29.1 Å². The number of aromatic nitrogens is 4. The van der Waals surface area contributed by atoms with Gasteiger partial charge in [-0.3, -0.25) is 9.36 Å². The number of hydrogen-bond acceptors (Lipinski definition) is 3. The molecule has 0 aliphatic heterocycles. The van der Waals surface area contributed by atoms with Gasteiger partial charge in [-0.2, -0.15) is 10.2 Å². The summed E-state index contributed by atoms with van der Waals surface area (Å²) in [5.74, 6) is 0. The summed E-state index contributed by atoms with van der Waals surface area (Å²) in [6, 6.07) is 2.45. The average molecular weight is 262 g/mol. The SMILES string of the molecule is CCC(C)n1ccc(Cn2nc(C)c(CO)c2C)n1. The molecule has 0 aliphatic carbocycles. The predicted molar refractivity (Wildman–Crippen MR) is 74.0 cm³/mol. The van der Waals surface area contributed by atoms with Crippen LogP contribution in [0, 0.1) is 13.8 Å². The zero-order valence-electron chi connectivity index (χ0n) is 12.1. The molecule has 5 heteroatoms. The van der Waals surface area contributed by atoms with E-state index in [1.54, 1.807) is 0 Å². The number of rotatable bonds is 5. The van der Waals surface area contributed by atoms with Crippen LogP contribution in [0.5, 0.6) is 0 Å². The van der Waals surface area contributed by atoms with Crippen LogP contribution in [-0.4, -0.2) is 24.7 Å². The summed E-state index contributed by atoms with van der Waals surface area (Å²) in [7, 11) is 0. The third-order valence-corrected chi connectivity index (χ3v) is 3.71. The van der Waals surface area contributed by atoms with Gasteiger partial charge in [0.05, 0.1) is 24.5 Å². The lowest BCUT2D eigenvalue weighted by atomic mass is 10.2. The standard InChI is InChI=1S/C14H22N4O/c1-5-10(2)17-7-6-13(16-17)8-18-12(4)14(9-19)11(3)15-18/h6-7,10,19H,5,8-9H2,1-4H3.